The van der Waals surface area contributed by atoms with E-state index in [0.717, 1.165) is 19.3 Å². The molecule has 0 aromatic rings. The van der Waals surface area contributed by atoms with E-state index >= 15 is 0 Å². The van der Waals surface area contributed by atoms with Crippen molar-refractivity contribution in [3.8, 4) is 0 Å². The fraction of sp³-hybridized carbons (Fsp3) is 0.600. The number of hydrogen-bond acceptors (Lipinski definition) is 1. The van der Waals surface area contributed by atoms with E-state index in [2.05, 4.69) is 39.5 Å². The summed E-state index contributed by atoms with van der Waals surface area (Å²) in [6, 6.07) is 0. The van der Waals surface area contributed by atoms with Crippen molar-refractivity contribution in [2.24, 2.45) is 11.3 Å². The predicted octanol–water partition coefficient (Wildman–Crippen LogP) is 3.62. The first kappa shape index (κ1) is 11.7. The van der Waals surface area contributed by atoms with Gasteiger partial charge in [-0.1, -0.05) is 42.4 Å². The second-order valence-corrected chi connectivity index (χ2v) is 5.68. The molecule has 0 unspecified atom stereocenters. The van der Waals surface area contributed by atoms with Crippen LogP contribution in [0.3, 0.4) is 0 Å². The quantitative estimate of drug-likeness (QED) is 0.666. The number of rotatable bonds is 1. The van der Waals surface area contributed by atoms with Crippen molar-refractivity contribution in [1.29, 1.82) is 0 Å². The highest BCUT2D eigenvalue weighted by molar-refractivity contribution is 5.37. The lowest BCUT2D eigenvalue weighted by molar-refractivity contribution is 0.0231. The summed E-state index contributed by atoms with van der Waals surface area (Å²) in [5.74, 6) is 0.458. The summed E-state index contributed by atoms with van der Waals surface area (Å²) in [5, 5.41) is 10.4. The van der Waals surface area contributed by atoms with E-state index in [1.807, 2.05) is 0 Å². The SMILES string of the molecule is C=C(C)[C@H]1CC2=C(C)C=CC[C@@]2(C)[C@H](O)C1. The Hall–Kier alpha value is -0.820. The molecule has 1 saturated carbocycles. The Labute approximate surface area is 98.6 Å². The minimum atomic E-state index is -0.224. The summed E-state index contributed by atoms with van der Waals surface area (Å²) in [7, 11) is 0. The van der Waals surface area contributed by atoms with Crippen LogP contribution in [0.15, 0.2) is 35.5 Å². The highest BCUT2D eigenvalue weighted by Gasteiger charge is 2.43. The van der Waals surface area contributed by atoms with E-state index in [1.54, 1.807) is 0 Å². The molecule has 1 nitrogen and oxygen atoms in total. The smallest absolute Gasteiger partial charge is 0.0639 e. The Morgan fingerprint density at radius 3 is 2.88 bits per heavy atom. The molecule has 0 aromatic carbocycles. The highest BCUT2D eigenvalue weighted by Crippen LogP contribution is 2.50. The largest absolute Gasteiger partial charge is 0.392 e. The fourth-order valence-corrected chi connectivity index (χ4v) is 3.12. The minimum Gasteiger partial charge on any atom is -0.392 e. The fourth-order valence-electron chi connectivity index (χ4n) is 3.12. The van der Waals surface area contributed by atoms with Crippen LogP contribution in [0.25, 0.3) is 0 Å². The van der Waals surface area contributed by atoms with Crippen LogP contribution in [0.4, 0.5) is 0 Å². The van der Waals surface area contributed by atoms with Crippen LogP contribution in [0.5, 0.6) is 0 Å². The molecule has 2 aliphatic rings. The molecule has 0 aliphatic heterocycles. The molecule has 88 valence electrons. The van der Waals surface area contributed by atoms with E-state index in [1.165, 1.54) is 16.7 Å². The second kappa shape index (κ2) is 3.89. The predicted molar refractivity (Wildman–Crippen MR) is 68.1 cm³/mol. The molecule has 0 bridgehead atoms. The lowest BCUT2D eigenvalue weighted by atomic mass is 9.61. The molecule has 2 rings (SSSR count). The van der Waals surface area contributed by atoms with Gasteiger partial charge in [0.05, 0.1) is 6.10 Å². The number of aliphatic hydroxyl groups is 1. The maximum Gasteiger partial charge on any atom is 0.0639 e. The average Bonchev–Trinajstić information content (AvgIpc) is 2.20. The Morgan fingerprint density at radius 2 is 2.25 bits per heavy atom. The third kappa shape index (κ3) is 1.67. The Balaban J connectivity index is 2.38. The molecule has 1 heteroatoms. The van der Waals surface area contributed by atoms with Gasteiger partial charge in [0.2, 0.25) is 0 Å². The van der Waals surface area contributed by atoms with Crippen molar-refractivity contribution in [3.63, 3.8) is 0 Å². The zero-order valence-corrected chi connectivity index (χ0v) is 10.6. The Morgan fingerprint density at radius 1 is 1.56 bits per heavy atom. The molecule has 0 aromatic heterocycles. The van der Waals surface area contributed by atoms with Crippen LogP contribution in [-0.4, -0.2) is 11.2 Å². The van der Waals surface area contributed by atoms with E-state index in [4.69, 9.17) is 0 Å². The maximum atomic E-state index is 10.4. The average molecular weight is 218 g/mol. The molecule has 1 N–H and O–H groups in total. The number of allylic oxidation sites excluding steroid dienone is 4. The second-order valence-electron chi connectivity index (χ2n) is 5.68. The molecule has 16 heavy (non-hydrogen) atoms. The highest BCUT2D eigenvalue weighted by atomic mass is 16.3. The van der Waals surface area contributed by atoms with Crippen LogP contribution in [0.2, 0.25) is 0 Å². The molecular weight excluding hydrogens is 196 g/mol. The summed E-state index contributed by atoms with van der Waals surface area (Å²) in [4.78, 5) is 0. The first-order valence-electron chi connectivity index (χ1n) is 6.15. The molecular formula is C15H22O. The van der Waals surface area contributed by atoms with Crippen LogP contribution in [0, 0.1) is 11.3 Å². The third-order valence-corrected chi connectivity index (χ3v) is 4.47. The summed E-state index contributed by atoms with van der Waals surface area (Å²) >= 11 is 0. The van der Waals surface area contributed by atoms with Gasteiger partial charge in [0, 0.05) is 5.41 Å². The van der Waals surface area contributed by atoms with Crippen LogP contribution >= 0.6 is 0 Å². The topological polar surface area (TPSA) is 20.2 Å². The van der Waals surface area contributed by atoms with Crippen molar-refractivity contribution >= 4 is 0 Å². The minimum absolute atomic E-state index is 0.0230. The van der Waals surface area contributed by atoms with Crippen molar-refractivity contribution in [1.82, 2.24) is 0 Å². The first-order chi connectivity index (χ1) is 7.45. The van der Waals surface area contributed by atoms with Crippen LogP contribution in [0.1, 0.15) is 40.0 Å². The Bertz CT molecular complexity index is 375. The monoisotopic (exact) mass is 218 g/mol. The van der Waals surface area contributed by atoms with E-state index in [-0.39, 0.29) is 11.5 Å². The molecule has 0 amide bonds. The van der Waals surface area contributed by atoms with Gasteiger partial charge in [-0.25, -0.2) is 0 Å². The molecule has 0 saturated heterocycles. The lowest BCUT2D eigenvalue weighted by Crippen LogP contribution is -2.41. The first-order valence-corrected chi connectivity index (χ1v) is 6.15. The van der Waals surface area contributed by atoms with Gasteiger partial charge < -0.3 is 5.11 Å². The molecule has 2 aliphatic carbocycles. The van der Waals surface area contributed by atoms with Gasteiger partial charge in [0.15, 0.2) is 0 Å². The van der Waals surface area contributed by atoms with Gasteiger partial charge in [0.1, 0.15) is 0 Å². The van der Waals surface area contributed by atoms with E-state index < -0.39 is 0 Å². The van der Waals surface area contributed by atoms with Gasteiger partial charge in [0.25, 0.3) is 0 Å². The summed E-state index contributed by atoms with van der Waals surface area (Å²) < 4.78 is 0. The summed E-state index contributed by atoms with van der Waals surface area (Å²) in [5.41, 5.74) is 3.97. The summed E-state index contributed by atoms with van der Waals surface area (Å²) in [6.45, 7) is 10.5. The standard InChI is InChI=1S/C15H22O/c1-10(2)12-8-13-11(3)6-5-7-15(13,4)14(16)9-12/h5-6,12,14,16H,1,7-9H2,2-4H3/t12-,14+,15+/m0/s1. The maximum absolute atomic E-state index is 10.4. The number of aliphatic hydroxyl groups excluding tert-OH is 1. The van der Waals surface area contributed by atoms with Gasteiger partial charge in [-0.05, 0) is 39.0 Å². The lowest BCUT2D eigenvalue weighted by Gasteiger charge is -2.46. The number of fused-ring (bicyclic) bond motifs is 1. The van der Waals surface area contributed by atoms with Crippen LogP contribution < -0.4 is 0 Å². The zero-order valence-electron chi connectivity index (χ0n) is 10.6. The third-order valence-electron chi connectivity index (χ3n) is 4.47. The molecule has 0 radical (unpaired) electrons. The normalized spacial score (nSPS) is 38.5. The number of hydrogen-bond donors (Lipinski definition) is 1. The van der Waals surface area contributed by atoms with Gasteiger partial charge in [-0.2, -0.15) is 0 Å². The van der Waals surface area contributed by atoms with E-state index in [0.29, 0.717) is 5.92 Å². The Kier molecular flexibility index (Phi) is 2.83. The summed E-state index contributed by atoms with van der Waals surface area (Å²) in [6.07, 6.45) is 7.10. The van der Waals surface area contributed by atoms with E-state index in [9.17, 15) is 5.11 Å². The van der Waals surface area contributed by atoms with Crippen molar-refractivity contribution in [2.45, 2.75) is 46.1 Å². The van der Waals surface area contributed by atoms with Crippen LogP contribution in [-0.2, 0) is 0 Å². The van der Waals surface area contributed by atoms with Gasteiger partial charge in [-0.15, -0.1) is 0 Å². The van der Waals surface area contributed by atoms with Crippen molar-refractivity contribution in [3.05, 3.63) is 35.5 Å². The van der Waals surface area contributed by atoms with Gasteiger partial charge >= 0.3 is 0 Å². The van der Waals surface area contributed by atoms with Gasteiger partial charge in [-0.3, -0.25) is 0 Å². The van der Waals surface area contributed by atoms with Crippen molar-refractivity contribution in [2.75, 3.05) is 0 Å². The zero-order chi connectivity index (χ0) is 11.9. The van der Waals surface area contributed by atoms with Crippen molar-refractivity contribution < 1.29 is 5.11 Å². The molecule has 0 heterocycles. The molecule has 3 atom stereocenters. The molecule has 0 spiro atoms. The molecule has 1 fully saturated rings.